The Morgan fingerprint density at radius 3 is 2.26 bits per heavy atom. The molecule has 2 rings (SSSR count). The Morgan fingerprint density at radius 1 is 1.00 bits per heavy atom. The summed E-state index contributed by atoms with van der Waals surface area (Å²) in [5.41, 5.74) is 1.49. The van der Waals surface area contributed by atoms with E-state index in [1.807, 2.05) is 44.2 Å². The number of hydrogen-bond donors (Lipinski definition) is 2. The first-order valence-electron chi connectivity index (χ1n) is 7.58. The molecule has 0 bridgehead atoms. The summed E-state index contributed by atoms with van der Waals surface area (Å²) in [6, 6.07) is 16.5. The van der Waals surface area contributed by atoms with Crippen molar-refractivity contribution < 1.29 is 14.7 Å². The summed E-state index contributed by atoms with van der Waals surface area (Å²) in [5, 5.41) is 12.2. The van der Waals surface area contributed by atoms with Gasteiger partial charge in [-0.25, -0.2) is 4.79 Å². The highest BCUT2D eigenvalue weighted by Gasteiger charge is 2.22. The zero-order valence-electron chi connectivity index (χ0n) is 13.4. The molecule has 1 amide bonds. The number of aryl methyl sites for hydroxylation is 1. The van der Waals surface area contributed by atoms with Gasteiger partial charge in [-0.2, -0.15) is 0 Å². The molecule has 0 saturated heterocycles. The standard InChI is InChI=1S/C19H21NO3/c1-19(2,15-9-4-3-5-10-15)20-17(21)13-12-14-8-6-7-11-16(14)18(22)23/h3-11H,12-13H2,1-2H3,(H,20,21)(H,22,23). The molecule has 0 spiro atoms. The maximum absolute atomic E-state index is 12.2. The van der Waals surface area contributed by atoms with Gasteiger partial charge in [0.25, 0.3) is 0 Å². The summed E-state index contributed by atoms with van der Waals surface area (Å²) in [6.07, 6.45) is 0.653. The number of benzene rings is 2. The average Bonchev–Trinajstić information content (AvgIpc) is 2.53. The first-order valence-corrected chi connectivity index (χ1v) is 7.58. The molecule has 0 atom stereocenters. The normalized spacial score (nSPS) is 11.0. The zero-order valence-corrected chi connectivity index (χ0v) is 13.4. The smallest absolute Gasteiger partial charge is 0.335 e. The molecule has 0 aliphatic heterocycles. The minimum absolute atomic E-state index is 0.0981. The van der Waals surface area contributed by atoms with Gasteiger partial charge in [0, 0.05) is 6.42 Å². The van der Waals surface area contributed by atoms with Crippen molar-refractivity contribution in [2.24, 2.45) is 0 Å². The lowest BCUT2D eigenvalue weighted by Crippen LogP contribution is -2.41. The summed E-state index contributed by atoms with van der Waals surface area (Å²) in [4.78, 5) is 23.4. The van der Waals surface area contributed by atoms with Crippen molar-refractivity contribution in [2.45, 2.75) is 32.2 Å². The Bertz CT molecular complexity index is 693. The lowest BCUT2D eigenvalue weighted by atomic mass is 9.94. The van der Waals surface area contributed by atoms with Crippen LogP contribution in [0, 0.1) is 0 Å². The molecular weight excluding hydrogens is 290 g/mol. The number of carbonyl (C=O) groups is 2. The van der Waals surface area contributed by atoms with E-state index in [0.29, 0.717) is 12.0 Å². The quantitative estimate of drug-likeness (QED) is 0.859. The van der Waals surface area contributed by atoms with Crippen molar-refractivity contribution in [3.8, 4) is 0 Å². The van der Waals surface area contributed by atoms with Crippen LogP contribution in [0.5, 0.6) is 0 Å². The summed E-state index contributed by atoms with van der Waals surface area (Å²) in [6.45, 7) is 3.90. The number of carboxylic acids is 1. The fraction of sp³-hybridized carbons (Fsp3) is 0.263. The van der Waals surface area contributed by atoms with E-state index >= 15 is 0 Å². The maximum atomic E-state index is 12.2. The molecule has 4 nitrogen and oxygen atoms in total. The summed E-state index contributed by atoms with van der Waals surface area (Å²) < 4.78 is 0. The van der Waals surface area contributed by atoms with Crippen LogP contribution in [0.3, 0.4) is 0 Å². The third-order valence-electron chi connectivity index (χ3n) is 3.82. The Hall–Kier alpha value is -2.62. The first kappa shape index (κ1) is 16.7. The molecule has 4 heteroatoms. The van der Waals surface area contributed by atoms with Gasteiger partial charge in [0.15, 0.2) is 0 Å². The number of hydrogen-bond acceptors (Lipinski definition) is 2. The van der Waals surface area contributed by atoms with Crippen LogP contribution in [0.2, 0.25) is 0 Å². The van der Waals surface area contributed by atoms with Gasteiger partial charge >= 0.3 is 5.97 Å². The molecule has 0 aromatic heterocycles. The number of amides is 1. The first-order chi connectivity index (χ1) is 10.9. The molecule has 2 aromatic carbocycles. The van der Waals surface area contributed by atoms with E-state index in [-0.39, 0.29) is 17.9 Å². The predicted molar refractivity (Wildman–Crippen MR) is 89.3 cm³/mol. The summed E-state index contributed by atoms with van der Waals surface area (Å²) in [5.74, 6) is -1.07. The number of nitrogens with one attached hydrogen (secondary N) is 1. The van der Waals surface area contributed by atoms with Crippen LogP contribution < -0.4 is 5.32 Å². The zero-order chi connectivity index (χ0) is 16.9. The highest BCUT2D eigenvalue weighted by Crippen LogP contribution is 2.20. The van der Waals surface area contributed by atoms with E-state index in [1.54, 1.807) is 24.3 Å². The van der Waals surface area contributed by atoms with Crippen molar-refractivity contribution in [2.75, 3.05) is 0 Å². The molecule has 2 N–H and O–H groups in total. The highest BCUT2D eigenvalue weighted by atomic mass is 16.4. The van der Waals surface area contributed by atoms with E-state index in [4.69, 9.17) is 5.11 Å². The SMILES string of the molecule is CC(C)(NC(=O)CCc1ccccc1C(=O)O)c1ccccc1. The van der Waals surface area contributed by atoms with E-state index in [2.05, 4.69) is 5.32 Å². The molecular formula is C19H21NO3. The number of carbonyl (C=O) groups excluding carboxylic acids is 1. The highest BCUT2D eigenvalue weighted by molar-refractivity contribution is 5.89. The molecule has 23 heavy (non-hydrogen) atoms. The Morgan fingerprint density at radius 2 is 1.61 bits per heavy atom. The molecule has 0 radical (unpaired) electrons. The predicted octanol–water partition coefficient (Wildman–Crippen LogP) is 3.37. The number of aromatic carboxylic acids is 1. The summed E-state index contributed by atoms with van der Waals surface area (Å²) >= 11 is 0. The summed E-state index contributed by atoms with van der Waals surface area (Å²) in [7, 11) is 0. The monoisotopic (exact) mass is 311 g/mol. The fourth-order valence-electron chi connectivity index (χ4n) is 2.53. The molecule has 2 aromatic rings. The largest absolute Gasteiger partial charge is 0.478 e. The van der Waals surface area contributed by atoms with Gasteiger partial charge in [-0.3, -0.25) is 4.79 Å². The molecule has 0 saturated carbocycles. The van der Waals surface area contributed by atoms with Crippen molar-refractivity contribution in [3.05, 3.63) is 71.3 Å². The van der Waals surface area contributed by atoms with Crippen LogP contribution in [0.4, 0.5) is 0 Å². The Labute approximate surface area is 136 Å². The fourth-order valence-corrected chi connectivity index (χ4v) is 2.53. The number of carboxylic acid groups (broad SMARTS) is 1. The van der Waals surface area contributed by atoms with Gasteiger partial charge in [-0.15, -0.1) is 0 Å². The van der Waals surface area contributed by atoms with Gasteiger partial charge in [0.05, 0.1) is 11.1 Å². The van der Waals surface area contributed by atoms with Crippen LogP contribution in [0.25, 0.3) is 0 Å². The van der Waals surface area contributed by atoms with E-state index in [0.717, 1.165) is 5.56 Å². The average molecular weight is 311 g/mol. The van der Waals surface area contributed by atoms with Crippen LogP contribution >= 0.6 is 0 Å². The van der Waals surface area contributed by atoms with Crippen molar-refractivity contribution in [1.82, 2.24) is 5.32 Å². The number of rotatable bonds is 6. The van der Waals surface area contributed by atoms with Crippen LogP contribution in [0.1, 0.15) is 41.8 Å². The van der Waals surface area contributed by atoms with Gasteiger partial charge in [-0.05, 0) is 37.5 Å². The Kier molecular flexibility index (Phi) is 5.16. The lowest BCUT2D eigenvalue weighted by molar-refractivity contribution is -0.122. The van der Waals surface area contributed by atoms with E-state index < -0.39 is 11.5 Å². The van der Waals surface area contributed by atoms with Crippen molar-refractivity contribution in [3.63, 3.8) is 0 Å². The van der Waals surface area contributed by atoms with E-state index in [1.165, 1.54) is 0 Å². The van der Waals surface area contributed by atoms with Gasteiger partial charge in [0.2, 0.25) is 5.91 Å². The van der Waals surface area contributed by atoms with E-state index in [9.17, 15) is 9.59 Å². The van der Waals surface area contributed by atoms with Gasteiger partial charge < -0.3 is 10.4 Å². The van der Waals surface area contributed by atoms with Crippen LogP contribution in [-0.2, 0) is 16.8 Å². The van der Waals surface area contributed by atoms with Crippen LogP contribution in [-0.4, -0.2) is 17.0 Å². The second-order valence-corrected chi connectivity index (χ2v) is 6.00. The second kappa shape index (κ2) is 7.09. The molecule has 0 fully saturated rings. The third kappa shape index (κ3) is 4.42. The molecule has 0 aliphatic rings. The molecule has 0 unspecified atom stereocenters. The van der Waals surface area contributed by atoms with Gasteiger partial charge in [0.1, 0.15) is 0 Å². The molecule has 0 heterocycles. The molecule has 0 aliphatic carbocycles. The maximum Gasteiger partial charge on any atom is 0.335 e. The topological polar surface area (TPSA) is 66.4 Å². The van der Waals surface area contributed by atoms with Crippen molar-refractivity contribution >= 4 is 11.9 Å². The Balaban J connectivity index is 2.00. The minimum Gasteiger partial charge on any atom is -0.478 e. The van der Waals surface area contributed by atoms with Crippen LogP contribution in [0.15, 0.2) is 54.6 Å². The second-order valence-electron chi connectivity index (χ2n) is 6.00. The lowest BCUT2D eigenvalue weighted by Gasteiger charge is -2.27. The van der Waals surface area contributed by atoms with Crippen molar-refractivity contribution in [1.29, 1.82) is 0 Å². The molecule has 120 valence electrons. The minimum atomic E-state index is -0.967. The third-order valence-corrected chi connectivity index (χ3v) is 3.82. The van der Waals surface area contributed by atoms with Gasteiger partial charge in [-0.1, -0.05) is 48.5 Å².